The molecule has 0 spiro atoms. The summed E-state index contributed by atoms with van der Waals surface area (Å²) in [5.74, 6) is -0.0572. The van der Waals surface area contributed by atoms with E-state index in [1.807, 2.05) is 18.2 Å². The van der Waals surface area contributed by atoms with Gasteiger partial charge in [0, 0.05) is 30.5 Å². The predicted molar refractivity (Wildman–Crippen MR) is 105 cm³/mol. The Balaban J connectivity index is 1.23. The summed E-state index contributed by atoms with van der Waals surface area (Å²) in [4.78, 5) is 38.7. The summed E-state index contributed by atoms with van der Waals surface area (Å²) < 4.78 is 4.97. The van der Waals surface area contributed by atoms with Gasteiger partial charge in [-0.05, 0) is 43.1 Å². The van der Waals surface area contributed by atoms with E-state index in [4.69, 9.17) is 4.52 Å². The van der Waals surface area contributed by atoms with Gasteiger partial charge >= 0.3 is 6.03 Å². The molecule has 0 bridgehead atoms. The van der Waals surface area contributed by atoms with Crippen LogP contribution in [0.2, 0.25) is 0 Å². The second-order valence-electron chi connectivity index (χ2n) is 8.06. The normalized spacial score (nSPS) is 20.6. The molecule has 30 heavy (non-hydrogen) atoms. The Morgan fingerprint density at radius 3 is 2.63 bits per heavy atom. The standard InChI is InChI=1S/C21H23N5O4/c27-19-5-9-25(21(29)22-19)26-13-16-11-14(1-2-17(16)20(26)28)12-24-7-3-15(4-8-24)18-6-10-30-23-18/h1-2,6,10-11,15H,3-5,7-9,12-13H2,(H,22,27,29). The molecule has 1 aromatic carbocycles. The fourth-order valence-corrected chi connectivity index (χ4v) is 4.52. The lowest BCUT2D eigenvalue weighted by Gasteiger charge is -2.33. The first kappa shape index (κ1) is 18.8. The SMILES string of the molecule is O=C1CCN(N2Cc3cc(CN4CCC(c5ccon5)CC4)ccc3C2=O)C(=O)N1. The highest BCUT2D eigenvalue weighted by Gasteiger charge is 2.37. The monoisotopic (exact) mass is 409 g/mol. The third-order valence-electron chi connectivity index (χ3n) is 6.15. The number of hydrogen-bond acceptors (Lipinski definition) is 6. The van der Waals surface area contributed by atoms with Gasteiger partial charge in [0.15, 0.2) is 0 Å². The van der Waals surface area contributed by atoms with Crippen molar-refractivity contribution in [3.8, 4) is 0 Å². The van der Waals surface area contributed by atoms with Gasteiger partial charge in [0.25, 0.3) is 5.91 Å². The summed E-state index contributed by atoms with van der Waals surface area (Å²) in [5, 5.41) is 9.10. The van der Waals surface area contributed by atoms with Gasteiger partial charge in [0.05, 0.1) is 18.8 Å². The third-order valence-corrected chi connectivity index (χ3v) is 6.15. The number of fused-ring (bicyclic) bond motifs is 1. The lowest BCUT2D eigenvalue weighted by atomic mass is 9.93. The van der Waals surface area contributed by atoms with Crippen LogP contribution in [0.15, 0.2) is 35.1 Å². The minimum atomic E-state index is -0.539. The van der Waals surface area contributed by atoms with Crippen molar-refractivity contribution in [3.63, 3.8) is 0 Å². The summed E-state index contributed by atoms with van der Waals surface area (Å²) in [6.45, 7) is 3.37. The van der Waals surface area contributed by atoms with Crippen molar-refractivity contribution in [2.45, 2.75) is 38.3 Å². The first-order chi connectivity index (χ1) is 14.6. The average Bonchev–Trinajstić information content (AvgIpc) is 3.37. The Kier molecular flexibility index (Phi) is 4.74. The summed E-state index contributed by atoms with van der Waals surface area (Å²) in [6, 6.07) is 7.31. The molecule has 0 saturated carbocycles. The molecule has 0 aliphatic carbocycles. The van der Waals surface area contributed by atoms with E-state index in [0.717, 1.165) is 49.3 Å². The van der Waals surface area contributed by atoms with Crippen LogP contribution in [0.4, 0.5) is 4.79 Å². The van der Waals surface area contributed by atoms with Gasteiger partial charge in [-0.3, -0.25) is 19.8 Å². The maximum absolute atomic E-state index is 12.8. The fourth-order valence-electron chi connectivity index (χ4n) is 4.52. The van der Waals surface area contributed by atoms with Crippen LogP contribution in [0.25, 0.3) is 0 Å². The maximum atomic E-state index is 12.8. The first-order valence-electron chi connectivity index (χ1n) is 10.3. The quantitative estimate of drug-likeness (QED) is 0.828. The van der Waals surface area contributed by atoms with Crippen molar-refractivity contribution < 1.29 is 18.9 Å². The molecule has 2 saturated heterocycles. The van der Waals surface area contributed by atoms with Crippen molar-refractivity contribution in [1.82, 2.24) is 25.4 Å². The van der Waals surface area contributed by atoms with E-state index in [-0.39, 0.29) is 24.8 Å². The van der Waals surface area contributed by atoms with E-state index in [1.165, 1.54) is 10.0 Å². The molecule has 3 aliphatic rings. The van der Waals surface area contributed by atoms with Gasteiger partial charge in [-0.25, -0.2) is 14.8 Å². The topological polar surface area (TPSA) is 99.0 Å². The van der Waals surface area contributed by atoms with E-state index in [2.05, 4.69) is 21.4 Å². The first-order valence-corrected chi connectivity index (χ1v) is 10.3. The Morgan fingerprint density at radius 1 is 1.07 bits per heavy atom. The van der Waals surface area contributed by atoms with Crippen molar-refractivity contribution in [2.24, 2.45) is 0 Å². The summed E-state index contributed by atoms with van der Waals surface area (Å²) in [6.07, 6.45) is 3.92. The molecule has 0 atom stereocenters. The summed E-state index contributed by atoms with van der Waals surface area (Å²) in [5.41, 5.74) is 3.73. The highest BCUT2D eigenvalue weighted by Crippen LogP contribution is 2.29. The van der Waals surface area contributed by atoms with Crippen molar-refractivity contribution in [3.05, 3.63) is 52.9 Å². The molecular formula is C21H23N5O4. The molecule has 5 rings (SSSR count). The highest BCUT2D eigenvalue weighted by molar-refractivity contribution is 6.01. The molecule has 0 radical (unpaired) electrons. The highest BCUT2D eigenvalue weighted by atomic mass is 16.5. The van der Waals surface area contributed by atoms with Crippen LogP contribution >= 0.6 is 0 Å². The molecule has 9 heteroatoms. The molecule has 156 valence electrons. The maximum Gasteiger partial charge on any atom is 0.342 e. The van der Waals surface area contributed by atoms with E-state index in [1.54, 1.807) is 6.26 Å². The number of likely N-dealkylation sites (tertiary alicyclic amines) is 1. The number of nitrogens with one attached hydrogen (secondary N) is 1. The number of aromatic nitrogens is 1. The van der Waals surface area contributed by atoms with Crippen LogP contribution in [0.3, 0.4) is 0 Å². The number of urea groups is 1. The Labute approximate surface area is 173 Å². The number of carbonyl (C=O) groups is 3. The zero-order valence-electron chi connectivity index (χ0n) is 16.5. The number of carbonyl (C=O) groups excluding carboxylic acids is 3. The fraction of sp³-hybridized carbons (Fsp3) is 0.429. The number of piperidine rings is 1. The minimum Gasteiger partial charge on any atom is -0.365 e. The molecule has 2 aromatic rings. The van der Waals surface area contributed by atoms with Gasteiger partial charge in [0.1, 0.15) is 6.26 Å². The largest absolute Gasteiger partial charge is 0.365 e. The van der Waals surface area contributed by atoms with Gasteiger partial charge in [-0.15, -0.1) is 0 Å². The summed E-state index contributed by atoms with van der Waals surface area (Å²) >= 11 is 0. The average molecular weight is 409 g/mol. The molecule has 4 amide bonds. The zero-order valence-corrected chi connectivity index (χ0v) is 16.5. The van der Waals surface area contributed by atoms with Crippen molar-refractivity contribution in [1.29, 1.82) is 0 Å². The van der Waals surface area contributed by atoms with Crippen LogP contribution < -0.4 is 5.32 Å². The van der Waals surface area contributed by atoms with Crippen LogP contribution in [-0.4, -0.2) is 57.6 Å². The molecule has 0 unspecified atom stereocenters. The second-order valence-corrected chi connectivity index (χ2v) is 8.06. The number of benzene rings is 1. The molecule has 2 fully saturated rings. The molecular weight excluding hydrogens is 386 g/mol. The molecule has 1 N–H and O–H groups in total. The van der Waals surface area contributed by atoms with E-state index >= 15 is 0 Å². The number of nitrogens with zero attached hydrogens (tertiary/aromatic N) is 4. The van der Waals surface area contributed by atoms with Gasteiger partial charge < -0.3 is 4.52 Å². The van der Waals surface area contributed by atoms with Crippen LogP contribution in [0.1, 0.15) is 52.4 Å². The van der Waals surface area contributed by atoms with Gasteiger partial charge in [-0.2, -0.15) is 0 Å². The predicted octanol–water partition coefficient (Wildman–Crippen LogP) is 1.87. The lowest BCUT2D eigenvalue weighted by Crippen LogP contribution is -2.56. The summed E-state index contributed by atoms with van der Waals surface area (Å²) in [7, 11) is 0. The van der Waals surface area contributed by atoms with Gasteiger partial charge in [0.2, 0.25) is 5.91 Å². The van der Waals surface area contributed by atoms with E-state index < -0.39 is 6.03 Å². The molecule has 4 heterocycles. The van der Waals surface area contributed by atoms with Crippen molar-refractivity contribution >= 4 is 17.8 Å². The van der Waals surface area contributed by atoms with Crippen molar-refractivity contribution in [2.75, 3.05) is 19.6 Å². The van der Waals surface area contributed by atoms with E-state index in [9.17, 15) is 14.4 Å². The number of rotatable bonds is 4. The smallest absolute Gasteiger partial charge is 0.342 e. The molecule has 9 nitrogen and oxygen atoms in total. The zero-order chi connectivity index (χ0) is 20.7. The Hall–Kier alpha value is -3.20. The second kappa shape index (κ2) is 7.56. The molecule has 1 aromatic heterocycles. The number of hydrogen-bond donors (Lipinski definition) is 1. The van der Waals surface area contributed by atoms with Gasteiger partial charge in [-0.1, -0.05) is 17.3 Å². The number of hydrazine groups is 1. The lowest BCUT2D eigenvalue weighted by molar-refractivity contribution is -0.123. The third kappa shape index (κ3) is 3.45. The van der Waals surface area contributed by atoms with Crippen LogP contribution in [0.5, 0.6) is 0 Å². The van der Waals surface area contributed by atoms with Crippen LogP contribution in [-0.2, 0) is 17.9 Å². The Bertz CT molecular complexity index is 981. The van der Waals surface area contributed by atoms with E-state index in [0.29, 0.717) is 18.0 Å². The van der Waals surface area contributed by atoms with Crippen LogP contribution in [0, 0.1) is 0 Å². The minimum absolute atomic E-state index is 0.196. The number of amides is 4. The number of imide groups is 1. The Morgan fingerprint density at radius 2 is 1.90 bits per heavy atom. The molecule has 3 aliphatic heterocycles.